The Balaban J connectivity index is 2.04. The average Bonchev–Trinajstić information content (AvgIpc) is 2.76. The van der Waals surface area contributed by atoms with Crippen LogP contribution < -0.4 is 5.32 Å². The zero-order valence-electron chi connectivity index (χ0n) is 20.0. The molecule has 2 rings (SSSR count). The van der Waals surface area contributed by atoms with Crippen molar-refractivity contribution in [2.45, 2.75) is 65.2 Å². The van der Waals surface area contributed by atoms with Crippen molar-refractivity contribution in [3.63, 3.8) is 0 Å². The highest BCUT2D eigenvalue weighted by atomic mass is 32.2. The fourth-order valence-electron chi connectivity index (χ4n) is 3.89. The smallest absolute Gasteiger partial charge is 0.242 e. The van der Waals surface area contributed by atoms with Crippen LogP contribution in [0.3, 0.4) is 0 Å². The molecule has 0 aliphatic rings. The maximum absolute atomic E-state index is 13.2. The SMILES string of the molecule is CCCCNC(=O)[C@@H](CC)N(CCc1ccccc1)C(=O)CSCc1cc(C)cc(C)c1. The van der Waals surface area contributed by atoms with Gasteiger partial charge in [-0.2, -0.15) is 0 Å². The summed E-state index contributed by atoms with van der Waals surface area (Å²) in [5.74, 6) is 1.16. The van der Waals surface area contributed by atoms with Crippen LogP contribution in [0, 0.1) is 13.8 Å². The molecule has 1 N–H and O–H groups in total. The van der Waals surface area contributed by atoms with E-state index in [1.807, 2.05) is 25.1 Å². The molecule has 0 radical (unpaired) electrons. The Morgan fingerprint density at radius 2 is 1.69 bits per heavy atom. The fourth-order valence-corrected chi connectivity index (χ4v) is 4.74. The number of hydrogen-bond acceptors (Lipinski definition) is 3. The lowest BCUT2D eigenvalue weighted by Gasteiger charge is -2.30. The summed E-state index contributed by atoms with van der Waals surface area (Å²) in [5.41, 5.74) is 4.90. The zero-order valence-corrected chi connectivity index (χ0v) is 20.8. The molecule has 0 saturated heterocycles. The number of unbranched alkanes of at least 4 members (excludes halogenated alkanes) is 1. The van der Waals surface area contributed by atoms with Crippen LogP contribution in [0.25, 0.3) is 0 Å². The molecule has 0 saturated carbocycles. The Morgan fingerprint density at radius 3 is 2.31 bits per heavy atom. The highest BCUT2D eigenvalue weighted by Gasteiger charge is 2.27. The van der Waals surface area contributed by atoms with Gasteiger partial charge in [0, 0.05) is 18.8 Å². The van der Waals surface area contributed by atoms with Gasteiger partial charge in [0.2, 0.25) is 11.8 Å². The van der Waals surface area contributed by atoms with Crippen molar-refractivity contribution >= 4 is 23.6 Å². The van der Waals surface area contributed by atoms with Gasteiger partial charge in [-0.1, -0.05) is 79.9 Å². The minimum Gasteiger partial charge on any atom is -0.354 e. The molecule has 2 amide bonds. The molecule has 32 heavy (non-hydrogen) atoms. The first kappa shape index (κ1) is 26.0. The Kier molecular flexibility index (Phi) is 11.4. The van der Waals surface area contributed by atoms with Crippen molar-refractivity contribution in [3.8, 4) is 0 Å². The third-order valence-electron chi connectivity index (χ3n) is 5.48. The van der Waals surface area contributed by atoms with Crippen LogP contribution >= 0.6 is 11.8 Å². The third kappa shape index (κ3) is 8.70. The quantitative estimate of drug-likeness (QED) is 0.418. The van der Waals surface area contributed by atoms with Gasteiger partial charge in [-0.25, -0.2) is 0 Å². The number of benzene rings is 2. The molecule has 0 fully saturated rings. The summed E-state index contributed by atoms with van der Waals surface area (Å²) in [6.45, 7) is 9.49. The predicted octanol–water partition coefficient (Wildman–Crippen LogP) is 5.30. The van der Waals surface area contributed by atoms with E-state index >= 15 is 0 Å². The molecular weight excluding hydrogens is 416 g/mol. The summed E-state index contributed by atoms with van der Waals surface area (Å²) in [4.78, 5) is 27.9. The molecule has 1 atom stereocenters. The van der Waals surface area contributed by atoms with E-state index in [9.17, 15) is 9.59 Å². The van der Waals surface area contributed by atoms with Crippen molar-refractivity contribution in [1.29, 1.82) is 0 Å². The van der Waals surface area contributed by atoms with Gasteiger partial charge in [0.25, 0.3) is 0 Å². The van der Waals surface area contributed by atoms with E-state index in [1.165, 1.54) is 22.3 Å². The zero-order chi connectivity index (χ0) is 23.3. The van der Waals surface area contributed by atoms with E-state index in [0.717, 1.165) is 25.0 Å². The van der Waals surface area contributed by atoms with Gasteiger partial charge in [0.05, 0.1) is 5.75 Å². The molecule has 0 aromatic heterocycles. The van der Waals surface area contributed by atoms with Gasteiger partial charge in [0.1, 0.15) is 6.04 Å². The van der Waals surface area contributed by atoms with E-state index in [4.69, 9.17) is 0 Å². The molecule has 174 valence electrons. The van der Waals surface area contributed by atoms with Gasteiger partial charge >= 0.3 is 0 Å². The first-order chi connectivity index (χ1) is 15.4. The normalized spacial score (nSPS) is 11.8. The molecule has 0 aliphatic carbocycles. The lowest BCUT2D eigenvalue weighted by molar-refractivity contribution is -0.138. The molecule has 0 aliphatic heterocycles. The standard InChI is InChI=1S/C27H38N2O2S/c1-5-7-14-28-27(31)25(6-2)29(15-13-23-11-9-8-10-12-23)26(30)20-32-19-24-17-21(3)16-22(4)18-24/h8-12,16-18,25H,5-7,13-15,19-20H2,1-4H3,(H,28,31)/t25-/m1/s1. The molecule has 5 heteroatoms. The van der Waals surface area contributed by atoms with Crippen LogP contribution in [0.1, 0.15) is 55.4 Å². The van der Waals surface area contributed by atoms with Crippen molar-refractivity contribution in [1.82, 2.24) is 10.2 Å². The minimum absolute atomic E-state index is 0.0350. The van der Waals surface area contributed by atoms with Gasteiger partial charge in [-0.3, -0.25) is 9.59 Å². The summed E-state index contributed by atoms with van der Waals surface area (Å²) in [5, 5.41) is 3.02. The van der Waals surface area contributed by atoms with Crippen LogP contribution in [0.5, 0.6) is 0 Å². The number of carbonyl (C=O) groups is 2. The van der Waals surface area contributed by atoms with Gasteiger partial charge in [-0.15, -0.1) is 11.8 Å². The van der Waals surface area contributed by atoms with Gasteiger partial charge in [0.15, 0.2) is 0 Å². The number of aryl methyl sites for hydroxylation is 2. The van der Waals surface area contributed by atoms with Crippen LogP contribution in [0.15, 0.2) is 48.5 Å². The Hall–Kier alpha value is -2.27. The van der Waals surface area contributed by atoms with E-state index in [-0.39, 0.29) is 11.8 Å². The van der Waals surface area contributed by atoms with Crippen LogP contribution in [-0.2, 0) is 21.8 Å². The summed E-state index contributed by atoms with van der Waals surface area (Å²) < 4.78 is 0. The number of nitrogens with one attached hydrogen (secondary N) is 1. The summed E-state index contributed by atoms with van der Waals surface area (Å²) >= 11 is 1.62. The van der Waals surface area contributed by atoms with E-state index in [0.29, 0.717) is 25.3 Å². The second-order valence-corrected chi connectivity index (χ2v) is 9.37. The molecule has 4 nitrogen and oxygen atoms in total. The third-order valence-corrected chi connectivity index (χ3v) is 6.46. The number of nitrogens with zero attached hydrogens (tertiary/aromatic N) is 1. The van der Waals surface area contributed by atoms with Gasteiger partial charge in [-0.05, 0) is 44.2 Å². The number of amides is 2. The number of carbonyl (C=O) groups excluding carboxylic acids is 2. The largest absolute Gasteiger partial charge is 0.354 e. The van der Waals surface area contributed by atoms with Crippen molar-refractivity contribution in [3.05, 3.63) is 70.8 Å². The van der Waals surface area contributed by atoms with Crippen LogP contribution in [-0.4, -0.2) is 41.6 Å². The van der Waals surface area contributed by atoms with E-state index in [2.05, 4.69) is 56.4 Å². The number of thioether (sulfide) groups is 1. The molecular formula is C27H38N2O2S. The van der Waals surface area contributed by atoms with E-state index in [1.54, 1.807) is 16.7 Å². The second kappa shape index (κ2) is 14.0. The van der Waals surface area contributed by atoms with E-state index < -0.39 is 6.04 Å². The molecule has 2 aromatic carbocycles. The predicted molar refractivity (Wildman–Crippen MR) is 136 cm³/mol. The first-order valence-electron chi connectivity index (χ1n) is 11.7. The Bertz CT molecular complexity index is 834. The fraction of sp³-hybridized carbons (Fsp3) is 0.481. The first-order valence-corrected chi connectivity index (χ1v) is 12.9. The minimum atomic E-state index is -0.426. The lowest BCUT2D eigenvalue weighted by atomic mass is 10.1. The Morgan fingerprint density at radius 1 is 1.00 bits per heavy atom. The van der Waals surface area contributed by atoms with Crippen LogP contribution in [0.4, 0.5) is 0 Å². The van der Waals surface area contributed by atoms with Crippen LogP contribution in [0.2, 0.25) is 0 Å². The van der Waals surface area contributed by atoms with Gasteiger partial charge < -0.3 is 10.2 Å². The lowest BCUT2D eigenvalue weighted by Crippen LogP contribution is -2.50. The number of hydrogen-bond donors (Lipinski definition) is 1. The summed E-state index contributed by atoms with van der Waals surface area (Å²) in [6.07, 6.45) is 3.34. The van der Waals surface area contributed by atoms with Crippen molar-refractivity contribution in [2.75, 3.05) is 18.8 Å². The molecule has 2 aromatic rings. The molecule has 0 unspecified atom stereocenters. The van der Waals surface area contributed by atoms with Crippen molar-refractivity contribution < 1.29 is 9.59 Å². The summed E-state index contributed by atoms with van der Waals surface area (Å²) in [6, 6.07) is 16.2. The maximum atomic E-state index is 13.2. The number of rotatable bonds is 13. The summed E-state index contributed by atoms with van der Waals surface area (Å²) in [7, 11) is 0. The second-order valence-electron chi connectivity index (χ2n) is 8.38. The molecule has 0 bridgehead atoms. The maximum Gasteiger partial charge on any atom is 0.242 e. The highest BCUT2D eigenvalue weighted by Crippen LogP contribution is 2.18. The highest BCUT2D eigenvalue weighted by molar-refractivity contribution is 7.99. The monoisotopic (exact) mass is 454 g/mol. The molecule has 0 spiro atoms. The topological polar surface area (TPSA) is 49.4 Å². The average molecular weight is 455 g/mol. The Labute approximate surface area is 198 Å². The molecule has 0 heterocycles. The van der Waals surface area contributed by atoms with Crippen molar-refractivity contribution in [2.24, 2.45) is 0 Å².